The van der Waals surface area contributed by atoms with Crippen LogP contribution in [-0.2, 0) is 4.79 Å². The molecule has 0 saturated carbocycles. The molecule has 4 heteroatoms. The first-order valence-corrected chi connectivity index (χ1v) is 5.08. The molecule has 0 aliphatic carbocycles. The van der Waals surface area contributed by atoms with Crippen LogP contribution in [0.1, 0.15) is 13.8 Å². The zero-order valence-corrected chi connectivity index (χ0v) is 9.64. The van der Waals surface area contributed by atoms with E-state index >= 15 is 0 Å². The van der Waals surface area contributed by atoms with Crippen molar-refractivity contribution in [2.45, 2.75) is 20.0 Å². The van der Waals surface area contributed by atoms with Gasteiger partial charge >= 0.3 is 5.97 Å². The molecule has 0 fully saturated rings. The highest BCUT2D eigenvalue weighted by Crippen LogP contribution is 2.20. The summed E-state index contributed by atoms with van der Waals surface area (Å²) in [5.74, 6) is 0.205. The van der Waals surface area contributed by atoms with Crippen LogP contribution in [0, 0.1) is 5.92 Å². The minimum absolute atomic E-state index is 0.0837. The van der Waals surface area contributed by atoms with Gasteiger partial charge in [0.1, 0.15) is 11.5 Å². The Balaban J connectivity index is 2.74. The van der Waals surface area contributed by atoms with E-state index in [0.29, 0.717) is 11.5 Å². The van der Waals surface area contributed by atoms with Crippen molar-refractivity contribution in [2.75, 3.05) is 7.11 Å². The maximum Gasteiger partial charge on any atom is 0.345 e. The fourth-order valence-electron chi connectivity index (χ4n) is 1.27. The van der Waals surface area contributed by atoms with E-state index in [-0.39, 0.29) is 5.92 Å². The van der Waals surface area contributed by atoms with Gasteiger partial charge in [0.05, 0.1) is 7.11 Å². The molecule has 1 atom stereocenters. The molecule has 0 spiro atoms. The minimum Gasteiger partial charge on any atom is -0.497 e. The highest BCUT2D eigenvalue weighted by Gasteiger charge is 2.23. The van der Waals surface area contributed by atoms with E-state index in [1.54, 1.807) is 31.4 Å². The lowest BCUT2D eigenvalue weighted by atomic mass is 10.1. The Kier molecular flexibility index (Phi) is 4.17. The Morgan fingerprint density at radius 3 is 2.06 bits per heavy atom. The number of benzene rings is 1. The predicted octanol–water partition coefficient (Wildman–Crippen LogP) is 2.18. The zero-order valence-electron chi connectivity index (χ0n) is 9.64. The maximum atomic E-state index is 10.9. The molecule has 1 unspecified atom stereocenters. The van der Waals surface area contributed by atoms with Gasteiger partial charge in [-0.25, -0.2) is 4.79 Å². The molecule has 4 nitrogen and oxygen atoms in total. The highest BCUT2D eigenvalue weighted by atomic mass is 16.5. The summed E-state index contributed by atoms with van der Waals surface area (Å²) in [7, 11) is 1.57. The van der Waals surface area contributed by atoms with Crippen LogP contribution in [0.3, 0.4) is 0 Å². The quantitative estimate of drug-likeness (QED) is 0.832. The normalized spacial score (nSPS) is 12.2. The van der Waals surface area contributed by atoms with Crippen LogP contribution < -0.4 is 9.47 Å². The van der Waals surface area contributed by atoms with Gasteiger partial charge in [-0.1, -0.05) is 13.8 Å². The molecule has 1 aromatic carbocycles. The molecule has 0 saturated heterocycles. The van der Waals surface area contributed by atoms with E-state index in [2.05, 4.69) is 0 Å². The lowest BCUT2D eigenvalue weighted by molar-refractivity contribution is -0.147. The van der Waals surface area contributed by atoms with Crippen molar-refractivity contribution in [1.82, 2.24) is 0 Å². The van der Waals surface area contributed by atoms with Gasteiger partial charge in [0.2, 0.25) is 0 Å². The van der Waals surface area contributed by atoms with Crippen LogP contribution in [0.5, 0.6) is 11.5 Å². The number of hydrogen-bond acceptors (Lipinski definition) is 3. The molecular formula is C12H16O4. The summed E-state index contributed by atoms with van der Waals surface area (Å²) in [6.45, 7) is 3.62. The summed E-state index contributed by atoms with van der Waals surface area (Å²) in [5, 5.41) is 8.96. The van der Waals surface area contributed by atoms with Crippen LogP contribution in [0.2, 0.25) is 0 Å². The number of hydrogen-bond donors (Lipinski definition) is 1. The number of methoxy groups -OCH3 is 1. The fourth-order valence-corrected chi connectivity index (χ4v) is 1.27. The standard InChI is InChI=1S/C12H16O4/c1-8(2)11(12(13)14)16-10-6-4-9(15-3)5-7-10/h4-8,11H,1-3H3,(H,13,14). The second kappa shape index (κ2) is 5.39. The summed E-state index contributed by atoms with van der Waals surface area (Å²) in [6, 6.07) is 6.84. The summed E-state index contributed by atoms with van der Waals surface area (Å²) in [6.07, 6.45) is -0.826. The molecule has 0 aromatic heterocycles. The average molecular weight is 224 g/mol. The molecule has 1 aromatic rings. The van der Waals surface area contributed by atoms with Crippen molar-refractivity contribution in [3.8, 4) is 11.5 Å². The SMILES string of the molecule is COc1ccc(OC(C(=O)O)C(C)C)cc1. The minimum atomic E-state index is -0.953. The van der Waals surface area contributed by atoms with Gasteiger partial charge in [0, 0.05) is 5.92 Å². The Morgan fingerprint density at radius 1 is 1.19 bits per heavy atom. The molecule has 1 N–H and O–H groups in total. The Morgan fingerprint density at radius 2 is 1.69 bits per heavy atom. The molecular weight excluding hydrogens is 208 g/mol. The lowest BCUT2D eigenvalue weighted by Gasteiger charge is -2.18. The van der Waals surface area contributed by atoms with Gasteiger partial charge in [-0.05, 0) is 24.3 Å². The van der Waals surface area contributed by atoms with Gasteiger partial charge in [-0.3, -0.25) is 0 Å². The van der Waals surface area contributed by atoms with Crippen LogP contribution in [-0.4, -0.2) is 24.3 Å². The summed E-state index contributed by atoms with van der Waals surface area (Å²) < 4.78 is 10.4. The maximum absolute atomic E-state index is 10.9. The first-order valence-electron chi connectivity index (χ1n) is 5.08. The molecule has 0 aliphatic rings. The third-order valence-electron chi connectivity index (χ3n) is 2.17. The van der Waals surface area contributed by atoms with Gasteiger partial charge in [0.15, 0.2) is 6.10 Å². The first kappa shape index (κ1) is 12.4. The third kappa shape index (κ3) is 3.15. The predicted molar refractivity (Wildman–Crippen MR) is 59.9 cm³/mol. The van der Waals surface area contributed by atoms with Crippen molar-refractivity contribution in [2.24, 2.45) is 5.92 Å². The second-order valence-corrected chi connectivity index (χ2v) is 3.80. The largest absolute Gasteiger partial charge is 0.497 e. The summed E-state index contributed by atoms with van der Waals surface area (Å²) >= 11 is 0. The topological polar surface area (TPSA) is 55.8 Å². The zero-order chi connectivity index (χ0) is 12.1. The molecule has 88 valence electrons. The number of ether oxygens (including phenoxy) is 2. The molecule has 0 heterocycles. The van der Waals surface area contributed by atoms with Gasteiger partial charge in [-0.2, -0.15) is 0 Å². The van der Waals surface area contributed by atoms with E-state index in [0.717, 1.165) is 0 Å². The molecule has 0 amide bonds. The molecule has 1 rings (SSSR count). The molecule has 0 aliphatic heterocycles. The Hall–Kier alpha value is -1.71. The summed E-state index contributed by atoms with van der Waals surface area (Å²) in [4.78, 5) is 10.9. The van der Waals surface area contributed by atoms with Crippen molar-refractivity contribution in [3.63, 3.8) is 0 Å². The molecule has 0 radical (unpaired) electrons. The Labute approximate surface area is 94.8 Å². The number of carboxylic acids is 1. The van der Waals surface area contributed by atoms with E-state index in [9.17, 15) is 4.79 Å². The van der Waals surface area contributed by atoms with Gasteiger partial charge in [0.25, 0.3) is 0 Å². The molecule has 16 heavy (non-hydrogen) atoms. The van der Waals surface area contributed by atoms with Crippen molar-refractivity contribution in [3.05, 3.63) is 24.3 Å². The van der Waals surface area contributed by atoms with Crippen molar-refractivity contribution in [1.29, 1.82) is 0 Å². The van der Waals surface area contributed by atoms with Crippen molar-refractivity contribution < 1.29 is 19.4 Å². The van der Waals surface area contributed by atoms with Crippen LogP contribution >= 0.6 is 0 Å². The highest BCUT2D eigenvalue weighted by molar-refractivity contribution is 5.73. The first-order chi connectivity index (χ1) is 7.54. The monoisotopic (exact) mass is 224 g/mol. The van der Waals surface area contributed by atoms with E-state index in [1.165, 1.54) is 0 Å². The fraction of sp³-hybridized carbons (Fsp3) is 0.417. The third-order valence-corrected chi connectivity index (χ3v) is 2.17. The van der Waals surface area contributed by atoms with E-state index in [1.807, 2.05) is 13.8 Å². The number of rotatable bonds is 5. The summed E-state index contributed by atoms with van der Waals surface area (Å²) in [5.41, 5.74) is 0. The smallest absolute Gasteiger partial charge is 0.345 e. The molecule has 0 bridgehead atoms. The van der Waals surface area contributed by atoms with Crippen LogP contribution in [0.4, 0.5) is 0 Å². The van der Waals surface area contributed by atoms with Gasteiger partial charge < -0.3 is 14.6 Å². The average Bonchev–Trinajstić information content (AvgIpc) is 2.25. The number of aliphatic carboxylic acids is 1. The van der Waals surface area contributed by atoms with Crippen LogP contribution in [0.15, 0.2) is 24.3 Å². The lowest BCUT2D eigenvalue weighted by Crippen LogP contribution is -2.32. The van der Waals surface area contributed by atoms with E-state index in [4.69, 9.17) is 14.6 Å². The van der Waals surface area contributed by atoms with Gasteiger partial charge in [-0.15, -0.1) is 0 Å². The van der Waals surface area contributed by atoms with Crippen molar-refractivity contribution >= 4 is 5.97 Å². The second-order valence-electron chi connectivity index (χ2n) is 3.80. The van der Waals surface area contributed by atoms with Crippen LogP contribution in [0.25, 0.3) is 0 Å². The Bertz CT molecular complexity index is 343. The number of carboxylic acid groups (broad SMARTS) is 1. The number of carbonyl (C=O) groups is 1. The van der Waals surface area contributed by atoms with E-state index < -0.39 is 12.1 Å².